The normalized spacial score (nSPS) is 16.8. The number of carbonyl (C=O) groups is 2. The van der Waals surface area contributed by atoms with Gasteiger partial charge in [-0.2, -0.15) is 0 Å². The second-order valence-corrected chi connectivity index (χ2v) is 9.87. The zero-order chi connectivity index (χ0) is 27.0. The smallest absolute Gasteiger partial charge is 0.301 e. The Balaban J connectivity index is 1.68. The van der Waals surface area contributed by atoms with Crippen LogP contribution in [0.1, 0.15) is 36.1 Å². The standard InChI is InChI=1S/C28H23N3O6S/c1-3-13-37-20-6-4-5-18(15-20)25(32)23-24(17-8-10-19(11-9-17)31(35)36)30(27(34)26(23)33)28-29-21-12-7-16(2)14-22(21)38-28/h4-12,14-15,24,32H,3,13H2,1-2H3/b25-23+. The highest BCUT2D eigenvalue weighted by Crippen LogP contribution is 2.44. The summed E-state index contributed by atoms with van der Waals surface area (Å²) in [6.07, 6.45) is 0.795. The number of Topliss-reactive ketones (excluding diaryl/α,β-unsaturated/α-hetero) is 1. The van der Waals surface area contributed by atoms with Crippen LogP contribution < -0.4 is 9.64 Å². The number of benzene rings is 3. The highest BCUT2D eigenvalue weighted by atomic mass is 32.1. The number of fused-ring (bicyclic) bond motifs is 1. The third-order valence-corrected chi connectivity index (χ3v) is 7.20. The van der Waals surface area contributed by atoms with Gasteiger partial charge in [-0.25, -0.2) is 4.98 Å². The number of nitro benzene ring substituents is 1. The molecule has 1 aliphatic heterocycles. The Hall–Kier alpha value is -4.57. The van der Waals surface area contributed by atoms with Gasteiger partial charge >= 0.3 is 5.91 Å². The number of ether oxygens (including phenoxy) is 1. The van der Waals surface area contributed by atoms with Crippen molar-refractivity contribution >= 4 is 49.8 Å². The maximum Gasteiger partial charge on any atom is 0.301 e. The zero-order valence-electron chi connectivity index (χ0n) is 20.6. The van der Waals surface area contributed by atoms with E-state index in [-0.39, 0.29) is 22.2 Å². The molecule has 0 aliphatic carbocycles. The highest BCUT2D eigenvalue weighted by Gasteiger charge is 2.48. The predicted molar refractivity (Wildman–Crippen MR) is 144 cm³/mol. The number of ketones is 1. The molecule has 2 heterocycles. The summed E-state index contributed by atoms with van der Waals surface area (Å²) in [6.45, 7) is 4.40. The fraction of sp³-hybridized carbons (Fsp3) is 0.179. The molecular formula is C28H23N3O6S. The van der Waals surface area contributed by atoms with Gasteiger partial charge in [-0.15, -0.1) is 0 Å². The van der Waals surface area contributed by atoms with Crippen molar-refractivity contribution in [2.24, 2.45) is 0 Å². The van der Waals surface area contributed by atoms with E-state index in [4.69, 9.17) is 4.74 Å². The van der Waals surface area contributed by atoms with Gasteiger partial charge in [-0.3, -0.25) is 24.6 Å². The van der Waals surface area contributed by atoms with Crippen molar-refractivity contribution in [3.05, 3.63) is 99.1 Å². The van der Waals surface area contributed by atoms with E-state index >= 15 is 0 Å². The van der Waals surface area contributed by atoms with Gasteiger partial charge in [0.2, 0.25) is 0 Å². The van der Waals surface area contributed by atoms with E-state index in [1.165, 1.54) is 40.5 Å². The number of nitro groups is 1. The molecule has 0 spiro atoms. The van der Waals surface area contributed by atoms with Crippen LogP contribution in [0.4, 0.5) is 10.8 Å². The van der Waals surface area contributed by atoms with Gasteiger partial charge in [0, 0.05) is 17.7 Å². The number of nitrogens with zero attached hydrogens (tertiary/aromatic N) is 3. The minimum absolute atomic E-state index is 0.132. The van der Waals surface area contributed by atoms with Crippen LogP contribution in [-0.4, -0.2) is 33.3 Å². The molecular weight excluding hydrogens is 506 g/mol. The number of hydrogen-bond acceptors (Lipinski definition) is 8. The first-order chi connectivity index (χ1) is 18.3. The lowest BCUT2D eigenvalue weighted by molar-refractivity contribution is -0.384. The van der Waals surface area contributed by atoms with E-state index in [1.807, 2.05) is 32.0 Å². The third kappa shape index (κ3) is 4.50. The lowest BCUT2D eigenvalue weighted by atomic mass is 9.95. The topological polar surface area (TPSA) is 123 Å². The van der Waals surface area contributed by atoms with Crippen LogP contribution >= 0.6 is 11.3 Å². The van der Waals surface area contributed by atoms with Gasteiger partial charge in [0.15, 0.2) is 5.13 Å². The summed E-state index contributed by atoms with van der Waals surface area (Å²) in [4.78, 5) is 43.4. The van der Waals surface area contributed by atoms with Gasteiger partial charge in [-0.05, 0) is 60.9 Å². The number of aliphatic hydroxyl groups excluding tert-OH is 1. The molecule has 1 fully saturated rings. The fourth-order valence-corrected chi connectivity index (χ4v) is 5.45. The van der Waals surface area contributed by atoms with Crippen LogP contribution in [0, 0.1) is 17.0 Å². The fourth-order valence-electron chi connectivity index (χ4n) is 4.35. The van der Waals surface area contributed by atoms with Gasteiger partial charge in [0.25, 0.3) is 11.5 Å². The summed E-state index contributed by atoms with van der Waals surface area (Å²) in [5.74, 6) is -1.57. The second-order valence-electron chi connectivity index (χ2n) is 8.86. The van der Waals surface area contributed by atoms with E-state index in [9.17, 15) is 24.8 Å². The Kier molecular flexibility index (Phi) is 6.64. The lowest BCUT2D eigenvalue weighted by Gasteiger charge is -2.23. The van der Waals surface area contributed by atoms with Gasteiger partial charge < -0.3 is 9.84 Å². The molecule has 0 bridgehead atoms. The monoisotopic (exact) mass is 529 g/mol. The predicted octanol–water partition coefficient (Wildman–Crippen LogP) is 5.93. The minimum atomic E-state index is -1.04. The van der Waals surface area contributed by atoms with Crippen LogP contribution in [0.3, 0.4) is 0 Å². The second kappa shape index (κ2) is 10.1. The van der Waals surface area contributed by atoms with Crippen molar-refractivity contribution in [1.29, 1.82) is 0 Å². The molecule has 4 aromatic rings. The van der Waals surface area contributed by atoms with Crippen LogP contribution in [0.2, 0.25) is 0 Å². The summed E-state index contributed by atoms with van der Waals surface area (Å²) in [5.41, 5.74) is 2.15. The van der Waals surface area contributed by atoms with Crippen LogP contribution in [0.5, 0.6) is 5.75 Å². The van der Waals surface area contributed by atoms with Gasteiger partial charge in [0.1, 0.15) is 11.5 Å². The first-order valence-electron chi connectivity index (χ1n) is 11.9. The number of aromatic nitrogens is 1. The Labute approximate surface area is 221 Å². The summed E-state index contributed by atoms with van der Waals surface area (Å²) < 4.78 is 6.51. The number of aliphatic hydroxyl groups is 1. The molecule has 0 radical (unpaired) electrons. The van der Waals surface area contributed by atoms with Crippen molar-refractivity contribution in [2.75, 3.05) is 11.5 Å². The molecule has 1 aliphatic rings. The number of amides is 1. The van der Waals surface area contributed by atoms with Crippen molar-refractivity contribution in [3.63, 3.8) is 0 Å². The Morgan fingerprint density at radius 2 is 1.89 bits per heavy atom. The number of hydrogen-bond donors (Lipinski definition) is 1. The number of anilines is 1. The molecule has 5 rings (SSSR count). The summed E-state index contributed by atoms with van der Waals surface area (Å²) in [7, 11) is 0. The van der Waals surface area contributed by atoms with Gasteiger partial charge in [0.05, 0.1) is 33.4 Å². The quantitative estimate of drug-likeness (QED) is 0.103. The molecule has 1 saturated heterocycles. The molecule has 1 unspecified atom stereocenters. The molecule has 0 saturated carbocycles. The Morgan fingerprint density at radius 1 is 1.13 bits per heavy atom. The minimum Gasteiger partial charge on any atom is -0.507 e. The van der Waals surface area contributed by atoms with Crippen molar-refractivity contribution in [1.82, 2.24) is 4.98 Å². The Morgan fingerprint density at radius 3 is 2.61 bits per heavy atom. The number of rotatable bonds is 7. The average molecular weight is 530 g/mol. The van der Waals surface area contributed by atoms with E-state index in [1.54, 1.807) is 24.3 Å². The van der Waals surface area contributed by atoms with Crippen LogP contribution in [-0.2, 0) is 9.59 Å². The van der Waals surface area contributed by atoms with E-state index in [0.717, 1.165) is 16.7 Å². The van der Waals surface area contributed by atoms with E-state index in [2.05, 4.69) is 4.98 Å². The summed E-state index contributed by atoms with van der Waals surface area (Å²) >= 11 is 1.25. The number of thiazole rings is 1. The summed E-state index contributed by atoms with van der Waals surface area (Å²) in [6, 6.07) is 16.8. The first kappa shape index (κ1) is 25.1. The molecule has 1 N–H and O–H groups in total. The van der Waals surface area contributed by atoms with Crippen LogP contribution in [0.25, 0.3) is 16.0 Å². The van der Waals surface area contributed by atoms with Crippen molar-refractivity contribution in [3.8, 4) is 5.75 Å². The first-order valence-corrected chi connectivity index (χ1v) is 12.8. The molecule has 9 nitrogen and oxygen atoms in total. The van der Waals surface area contributed by atoms with E-state index < -0.39 is 22.7 Å². The van der Waals surface area contributed by atoms with Crippen LogP contribution in [0.15, 0.2) is 72.3 Å². The maximum absolute atomic E-state index is 13.4. The molecule has 38 heavy (non-hydrogen) atoms. The lowest BCUT2D eigenvalue weighted by Crippen LogP contribution is -2.29. The molecule has 1 aromatic heterocycles. The number of aryl methyl sites for hydroxylation is 1. The highest BCUT2D eigenvalue weighted by molar-refractivity contribution is 7.22. The molecule has 10 heteroatoms. The molecule has 1 amide bonds. The van der Waals surface area contributed by atoms with E-state index in [0.29, 0.717) is 29.0 Å². The zero-order valence-corrected chi connectivity index (χ0v) is 21.4. The average Bonchev–Trinajstić information content (AvgIpc) is 3.44. The number of carbonyl (C=O) groups excluding carboxylic acids is 2. The maximum atomic E-state index is 13.4. The molecule has 192 valence electrons. The third-order valence-electron chi connectivity index (χ3n) is 6.18. The SMILES string of the molecule is CCCOc1cccc(/C(O)=C2\C(=O)C(=O)N(c3nc4ccc(C)cc4s3)C2c2ccc([N+](=O)[O-])cc2)c1. The number of non-ortho nitro benzene ring substituents is 1. The summed E-state index contributed by atoms with van der Waals surface area (Å²) in [5, 5.41) is 22.9. The molecule has 1 atom stereocenters. The van der Waals surface area contributed by atoms with Crippen molar-refractivity contribution in [2.45, 2.75) is 26.3 Å². The van der Waals surface area contributed by atoms with Crippen molar-refractivity contribution < 1.29 is 24.4 Å². The van der Waals surface area contributed by atoms with Gasteiger partial charge in [-0.1, -0.05) is 36.5 Å². The Bertz CT molecular complexity index is 1610. The largest absolute Gasteiger partial charge is 0.507 e. The molecule has 3 aromatic carbocycles.